The minimum Gasteiger partial charge on any atom is -0.337 e. The maximum Gasteiger partial charge on any atom is 0.272 e. The zero-order valence-corrected chi connectivity index (χ0v) is 14.3. The second-order valence-corrected chi connectivity index (χ2v) is 6.75. The van der Waals surface area contributed by atoms with Crippen molar-refractivity contribution >= 4 is 17.5 Å². The molecule has 0 N–H and O–H groups in total. The van der Waals surface area contributed by atoms with Crippen LogP contribution in [-0.2, 0) is 0 Å². The van der Waals surface area contributed by atoms with E-state index in [1.165, 1.54) is 0 Å². The van der Waals surface area contributed by atoms with Gasteiger partial charge in [0.2, 0.25) is 0 Å². The van der Waals surface area contributed by atoms with Gasteiger partial charge in [-0.05, 0) is 49.4 Å². The molecule has 1 aliphatic rings. The van der Waals surface area contributed by atoms with Crippen LogP contribution in [-0.4, -0.2) is 28.9 Å². The molecule has 3 nitrogen and oxygen atoms in total. The van der Waals surface area contributed by atoms with Crippen molar-refractivity contribution in [3.8, 4) is 11.3 Å². The average molecular weight is 329 g/mol. The van der Waals surface area contributed by atoms with Crippen molar-refractivity contribution in [2.75, 3.05) is 13.1 Å². The Morgan fingerprint density at radius 3 is 2.65 bits per heavy atom. The van der Waals surface area contributed by atoms with Crippen molar-refractivity contribution in [3.05, 3.63) is 52.7 Å². The van der Waals surface area contributed by atoms with Gasteiger partial charge in [-0.3, -0.25) is 4.79 Å². The highest BCUT2D eigenvalue weighted by atomic mass is 35.5. The number of pyridine rings is 1. The van der Waals surface area contributed by atoms with E-state index in [1.54, 1.807) is 6.07 Å². The molecule has 120 valence electrons. The van der Waals surface area contributed by atoms with E-state index >= 15 is 0 Å². The molecule has 1 aromatic carbocycles. The van der Waals surface area contributed by atoms with E-state index in [2.05, 4.69) is 11.9 Å². The number of hydrogen-bond acceptors (Lipinski definition) is 2. The first-order valence-corrected chi connectivity index (χ1v) is 8.45. The molecule has 2 heterocycles. The van der Waals surface area contributed by atoms with Gasteiger partial charge in [-0.2, -0.15) is 0 Å². The first-order chi connectivity index (χ1) is 11.0. The fourth-order valence-electron chi connectivity index (χ4n) is 2.84. The first-order valence-electron chi connectivity index (χ1n) is 8.07. The minimum atomic E-state index is 0.0250. The number of aromatic nitrogens is 1. The largest absolute Gasteiger partial charge is 0.337 e. The molecule has 1 aliphatic heterocycles. The highest BCUT2D eigenvalue weighted by Crippen LogP contribution is 2.25. The molecule has 3 rings (SSSR count). The van der Waals surface area contributed by atoms with Crippen LogP contribution in [0.2, 0.25) is 5.02 Å². The predicted molar refractivity (Wildman–Crippen MR) is 93.7 cm³/mol. The number of aryl methyl sites for hydroxylation is 1. The monoisotopic (exact) mass is 328 g/mol. The summed E-state index contributed by atoms with van der Waals surface area (Å²) in [6.45, 7) is 5.85. The average Bonchev–Trinajstić information content (AvgIpc) is 2.57. The highest BCUT2D eigenvalue weighted by Gasteiger charge is 2.22. The van der Waals surface area contributed by atoms with Crippen LogP contribution in [0.15, 0.2) is 36.4 Å². The van der Waals surface area contributed by atoms with Gasteiger partial charge in [0.25, 0.3) is 5.91 Å². The van der Waals surface area contributed by atoms with Crippen LogP contribution >= 0.6 is 11.6 Å². The second-order valence-electron chi connectivity index (χ2n) is 6.35. The summed E-state index contributed by atoms with van der Waals surface area (Å²) >= 11 is 6.20. The van der Waals surface area contributed by atoms with Crippen LogP contribution in [0.3, 0.4) is 0 Å². The van der Waals surface area contributed by atoms with Gasteiger partial charge in [-0.15, -0.1) is 0 Å². The van der Waals surface area contributed by atoms with E-state index in [0.29, 0.717) is 16.6 Å². The molecule has 0 bridgehead atoms. The number of amides is 1. The molecule has 0 atom stereocenters. The first kappa shape index (κ1) is 16.0. The summed E-state index contributed by atoms with van der Waals surface area (Å²) in [4.78, 5) is 19.1. The third-order valence-corrected chi connectivity index (χ3v) is 4.91. The third kappa shape index (κ3) is 3.56. The molecule has 4 heteroatoms. The zero-order valence-electron chi connectivity index (χ0n) is 13.6. The van der Waals surface area contributed by atoms with E-state index in [1.807, 2.05) is 42.2 Å². The summed E-state index contributed by atoms with van der Waals surface area (Å²) in [6, 6.07) is 11.4. The molecule has 1 saturated heterocycles. The van der Waals surface area contributed by atoms with Gasteiger partial charge in [-0.25, -0.2) is 4.98 Å². The van der Waals surface area contributed by atoms with Gasteiger partial charge in [-0.1, -0.05) is 36.7 Å². The SMILES string of the molecule is Cc1ccc(-c2cccc(C(=O)N3CCC(C)CC3)n2)cc1Cl. The van der Waals surface area contributed by atoms with Crippen LogP contribution in [0, 0.1) is 12.8 Å². The van der Waals surface area contributed by atoms with E-state index in [9.17, 15) is 4.79 Å². The van der Waals surface area contributed by atoms with Crippen LogP contribution in [0.1, 0.15) is 35.8 Å². The quantitative estimate of drug-likeness (QED) is 0.808. The number of piperidine rings is 1. The van der Waals surface area contributed by atoms with Crippen molar-refractivity contribution in [3.63, 3.8) is 0 Å². The van der Waals surface area contributed by atoms with Gasteiger partial charge in [0.05, 0.1) is 5.69 Å². The Hall–Kier alpha value is -1.87. The Morgan fingerprint density at radius 2 is 1.96 bits per heavy atom. The molecule has 2 aromatic rings. The smallest absolute Gasteiger partial charge is 0.272 e. The second kappa shape index (κ2) is 6.71. The normalized spacial score (nSPS) is 15.7. The molecule has 0 saturated carbocycles. The van der Waals surface area contributed by atoms with Gasteiger partial charge in [0.15, 0.2) is 0 Å². The number of halogens is 1. The van der Waals surface area contributed by atoms with Crippen LogP contribution < -0.4 is 0 Å². The van der Waals surface area contributed by atoms with Crippen molar-refractivity contribution in [1.82, 2.24) is 9.88 Å². The van der Waals surface area contributed by atoms with Crippen LogP contribution in [0.4, 0.5) is 0 Å². The summed E-state index contributed by atoms with van der Waals surface area (Å²) in [5, 5.41) is 0.714. The summed E-state index contributed by atoms with van der Waals surface area (Å²) in [5.41, 5.74) is 3.25. The summed E-state index contributed by atoms with van der Waals surface area (Å²) < 4.78 is 0. The minimum absolute atomic E-state index is 0.0250. The summed E-state index contributed by atoms with van der Waals surface area (Å²) in [5.74, 6) is 0.727. The molecule has 1 amide bonds. The maximum atomic E-state index is 12.6. The predicted octanol–water partition coefficient (Wildman–Crippen LogP) is 4.58. The Balaban J connectivity index is 1.84. The third-order valence-electron chi connectivity index (χ3n) is 4.51. The number of benzene rings is 1. The van der Waals surface area contributed by atoms with Crippen molar-refractivity contribution in [2.45, 2.75) is 26.7 Å². The molecular weight excluding hydrogens is 308 g/mol. The molecule has 0 radical (unpaired) electrons. The number of carbonyl (C=O) groups is 1. The van der Waals surface area contributed by atoms with Gasteiger partial charge in [0, 0.05) is 23.7 Å². The molecule has 1 fully saturated rings. The van der Waals surface area contributed by atoms with Gasteiger partial charge in [0.1, 0.15) is 5.69 Å². The van der Waals surface area contributed by atoms with E-state index in [-0.39, 0.29) is 5.91 Å². The molecule has 1 aromatic heterocycles. The highest BCUT2D eigenvalue weighted by molar-refractivity contribution is 6.31. The van der Waals surface area contributed by atoms with Crippen LogP contribution in [0.5, 0.6) is 0 Å². The van der Waals surface area contributed by atoms with E-state index < -0.39 is 0 Å². The number of carbonyl (C=O) groups excluding carboxylic acids is 1. The number of rotatable bonds is 2. The topological polar surface area (TPSA) is 33.2 Å². The molecule has 0 spiro atoms. The van der Waals surface area contributed by atoms with E-state index in [4.69, 9.17) is 11.6 Å². The standard InChI is InChI=1S/C19H21ClN2O/c1-13-8-10-22(11-9-13)19(23)18-5-3-4-17(21-18)15-7-6-14(2)16(20)12-15/h3-7,12-13H,8-11H2,1-2H3. The Morgan fingerprint density at radius 1 is 1.22 bits per heavy atom. The molecule has 0 aliphatic carbocycles. The molecule has 0 unspecified atom stereocenters. The van der Waals surface area contributed by atoms with Crippen LogP contribution in [0.25, 0.3) is 11.3 Å². The zero-order chi connectivity index (χ0) is 16.4. The Bertz CT molecular complexity index is 721. The van der Waals surface area contributed by atoms with Crippen molar-refractivity contribution < 1.29 is 4.79 Å². The lowest BCUT2D eigenvalue weighted by molar-refractivity contribution is 0.0691. The van der Waals surface area contributed by atoms with E-state index in [0.717, 1.165) is 42.8 Å². The lowest BCUT2D eigenvalue weighted by atomic mass is 9.99. The van der Waals surface area contributed by atoms with Crippen molar-refractivity contribution in [2.24, 2.45) is 5.92 Å². The number of hydrogen-bond donors (Lipinski definition) is 0. The lowest BCUT2D eigenvalue weighted by Gasteiger charge is -2.30. The Kier molecular flexibility index (Phi) is 4.67. The fraction of sp³-hybridized carbons (Fsp3) is 0.368. The molecule has 23 heavy (non-hydrogen) atoms. The lowest BCUT2D eigenvalue weighted by Crippen LogP contribution is -2.38. The van der Waals surface area contributed by atoms with Crippen molar-refractivity contribution in [1.29, 1.82) is 0 Å². The maximum absolute atomic E-state index is 12.6. The summed E-state index contributed by atoms with van der Waals surface area (Å²) in [6.07, 6.45) is 2.14. The molecular formula is C19H21ClN2O. The number of likely N-dealkylation sites (tertiary alicyclic amines) is 1. The fourth-order valence-corrected chi connectivity index (χ4v) is 3.02. The van der Waals surface area contributed by atoms with Gasteiger partial charge >= 0.3 is 0 Å². The number of nitrogens with zero attached hydrogens (tertiary/aromatic N) is 2. The Labute approximate surface area is 142 Å². The van der Waals surface area contributed by atoms with Gasteiger partial charge < -0.3 is 4.90 Å². The summed E-state index contributed by atoms with van der Waals surface area (Å²) in [7, 11) is 0.